The first-order valence-electron chi connectivity index (χ1n) is 4.43. The van der Waals surface area contributed by atoms with Crippen molar-refractivity contribution >= 4 is 6.21 Å². The van der Waals surface area contributed by atoms with Gasteiger partial charge in [-0.1, -0.05) is 0 Å². The number of piperidine rings is 1. The van der Waals surface area contributed by atoms with E-state index in [1.54, 1.807) is 6.08 Å². The maximum Gasteiger partial charge on any atom is 0.0280 e. The lowest BCUT2D eigenvalue weighted by Crippen LogP contribution is -2.38. The van der Waals surface area contributed by atoms with Crippen LogP contribution in [0.2, 0.25) is 0 Å². The monoisotopic (exact) mass is 167 g/mol. The predicted molar refractivity (Wildman–Crippen MR) is 51.6 cm³/mol. The average Bonchev–Trinajstić information content (AvgIpc) is 2.09. The van der Waals surface area contributed by atoms with Crippen LogP contribution in [0.5, 0.6) is 0 Å². The van der Waals surface area contributed by atoms with Gasteiger partial charge in [0.15, 0.2) is 0 Å². The van der Waals surface area contributed by atoms with Crippen LogP contribution in [-0.2, 0) is 0 Å². The molecule has 0 unspecified atom stereocenters. The Hall–Kier alpha value is -0.830. The van der Waals surface area contributed by atoms with E-state index in [2.05, 4.69) is 17.3 Å². The van der Waals surface area contributed by atoms with Crippen LogP contribution in [0.1, 0.15) is 12.8 Å². The predicted octanol–water partition coefficient (Wildman–Crippen LogP) is 0.833. The Kier molecular flexibility index (Phi) is 3.80. The zero-order chi connectivity index (χ0) is 8.81. The molecule has 3 nitrogen and oxygen atoms in total. The highest BCUT2D eigenvalue weighted by atomic mass is 15.1. The van der Waals surface area contributed by atoms with Gasteiger partial charge in [0.1, 0.15) is 0 Å². The van der Waals surface area contributed by atoms with Crippen LogP contribution in [0, 0.1) is 5.41 Å². The maximum absolute atomic E-state index is 6.79. The minimum atomic E-state index is 0.609. The van der Waals surface area contributed by atoms with E-state index in [9.17, 15) is 0 Å². The number of hydrogen-bond acceptors (Lipinski definition) is 3. The number of rotatable bonds is 3. The SMILES string of the molecule is CN1CCC(N/C=C\C=N)CC1. The van der Waals surface area contributed by atoms with Crippen molar-refractivity contribution in [1.29, 1.82) is 5.41 Å². The fraction of sp³-hybridized carbons (Fsp3) is 0.667. The molecule has 0 radical (unpaired) electrons. The normalized spacial score (nSPS) is 21.4. The van der Waals surface area contributed by atoms with Gasteiger partial charge in [-0.3, -0.25) is 0 Å². The Morgan fingerprint density at radius 1 is 1.42 bits per heavy atom. The van der Waals surface area contributed by atoms with Crippen LogP contribution < -0.4 is 5.32 Å². The van der Waals surface area contributed by atoms with Gasteiger partial charge in [0, 0.05) is 12.3 Å². The van der Waals surface area contributed by atoms with E-state index in [1.165, 1.54) is 32.1 Å². The van der Waals surface area contributed by atoms with Crippen molar-refractivity contribution in [1.82, 2.24) is 10.2 Å². The van der Waals surface area contributed by atoms with Crippen molar-refractivity contribution in [3.05, 3.63) is 12.3 Å². The molecule has 0 aliphatic carbocycles. The molecule has 0 spiro atoms. The van der Waals surface area contributed by atoms with E-state index < -0.39 is 0 Å². The van der Waals surface area contributed by atoms with Crippen molar-refractivity contribution < 1.29 is 0 Å². The number of likely N-dealkylation sites (tertiary alicyclic amines) is 1. The number of nitrogens with zero attached hydrogens (tertiary/aromatic N) is 1. The third kappa shape index (κ3) is 3.05. The molecule has 0 aromatic rings. The summed E-state index contributed by atoms with van der Waals surface area (Å²) < 4.78 is 0. The molecule has 1 aliphatic heterocycles. The van der Waals surface area contributed by atoms with Crippen LogP contribution >= 0.6 is 0 Å². The van der Waals surface area contributed by atoms with E-state index in [4.69, 9.17) is 5.41 Å². The van der Waals surface area contributed by atoms with E-state index in [0.29, 0.717) is 6.04 Å². The smallest absolute Gasteiger partial charge is 0.0280 e. The summed E-state index contributed by atoms with van der Waals surface area (Å²) in [6.45, 7) is 2.35. The Balaban J connectivity index is 2.17. The lowest BCUT2D eigenvalue weighted by Gasteiger charge is -2.28. The summed E-state index contributed by atoms with van der Waals surface area (Å²) in [5, 5.41) is 10.1. The molecule has 3 heteroatoms. The Bertz CT molecular complexity index is 157. The zero-order valence-electron chi connectivity index (χ0n) is 7.59. The minimum Gasteiger partial charge on any atom is -0.388 e. The van der Waals surface area contributed by atoms with Crippen LogP contribution in [0.4, 0.5) is 0 Å². The topological polar surface area (TPSA) is 39.1 Å². The van der Waals surface area contributed by atoms with Crippen molar-refractivity contribution in [3.8, 4) is 0 Å². The Morgan fingerprint density at radius 2 is 2.08 bits per heavy atom. The summed E-state index contributed by atoms with van der Waals surface area (Å²) >= 11 is 0. The second-order valence-electron chi connectivity index (χ2n) is 3.27. The molecule has 12 heavy (non-hydrogen) atoms. The van der Waals surface area contributed by atoms with Crippen LogP contribution in [-0.4, -0.2) is 37.3 Å². The standard InChI is InChI=1S/C9H17N3/c1-12-7-3-9(4-8-12)11-6-2-5-10/h2,5-6,9-11H,3-4,7-8H2,1H3/b6-2-,10-5?. The van der Waals surface area contributed by atoms with Crippen LogP contribution in [0.15, 0.2) is 12.3 Å². The van der Waals surface area contributed by atoms with E-state index in [0.717, 1.165) is 0 Å². The fourth-order valence-corrected chi connectivity index (χ4v) is 1.42. The Labute approximate surface area is 74.0 Å². The lowest BCUT2D eigenvalue weighted by molar-refractivity contribution is 0.244. The summed E-state index contributed by atoms with van der Waals surface area (Å²) in [4.78, 5) is 2.35. The fourth-order valence-electron chi connectivity index (χ4n) is 1.42. The van der Waals surface area contributed by atoms with E-state index in [-0.39, 0.29) is 0 Å². The first-order chi connectivity index (χ1) is 5.83. The van der Waals surface area contributed by atoms with E-state index >= 15 is 0 Å². The van der Waals surface area contributed by atoms with Gasteiger partial charge in [0.25, 0.3) is 0 Å². The maximum atomic E-state index is 6.79. The summed E-state index contributed by atoms with van der Waals surface area (Å²) in [5.74, 6) is 0. The third-order valence-corrected chi connectivity index (χ3v) is 2.24. The molecule has 1 aliphatic rings. The molecule has 0 aromatic carbocycles. The number of hydrogen-bond donors (Lipinski definition) is 2. The van der Waals surface area contributed by atoms with Gasteiger partial charge in [-0.05, 0) is 45.3 Å². The summed E-state index contributed by atoms with van der Waals surface area (Å²) in [6.07, 6.45) is 7.29. The molecule has 0 amide bonds. The summed E-state index contributed by atoms with van der Waals surface area (Å²) in [7, 11) is 2.16. The highest BCUT2D eigenvalue weighted by Gasteiger charge is 2.14. The van der Waals surface area contributed by atoms with Crippen molar-refractivity contribution in [3.63, 3.8) is 0 Å². The molecule has 1 heterocycles. The van der Waals surface area contributed by atoms with Crippen LogP contribution in [0.25, 0.3) is 0 Å². The lowest BCUT2D eigenvalue weighted by atomic mass is 10.1. The molecule has 0 atom stereocenters. The van der Waals surface area contributed by atoms with Gasteiger partial charge in [-0.2, -0.15) is 0 Å². The van der Waals surface area contributed by atoms with Crippen molar-refractivity contribution in [2.24, 2.45) is 0 Å². The molecule has 2 N–H and O–H groups in total. The largest absolute Gasteiger partial charge is 0.388 e. The molecule has 0 bridgehead atoms. The molecule has 68 valence electrons. The molecular formula is C9H17N3. The van der Waals surface area contributed by atoms with E-state index in [1.807, 2.05) is 6.20 Å². The first kappa shape index (κ1) is 9.26. The van der Waals surface area contributed by atoms with Gasteiger partial charge in [0.05, 0.1) is 0 Å². The van der Waals surface area contributed by atoms with Gasteiger partial charge >= 0.3 is 0 Å². The van der Waals surface area contributed by atoms with Crippen LogP contribution in [0.3, 0.4) is 0 Å². The average molecular weight is 167 g/mol. The second kappa shape index (κ2) is 4.93. The first-order valence-corrected chi connectivity index (χ1v) is 4.43. The number of allylic oxidation sites excluding steroid dienone is 1. The Morgan fingerprint density at radius 3 is 2.67 bits per heavy atom. The number of nitrogens with one attached hydrogen (secondary N) is 2. The van der Waals surface area contributed by atoms with Crippen molar-refractivity contribution in [2.75, 3.05) is 20.1 Å². The van der Waals surface area contributed by atoms with Gasteiger partial charge in [-0.15, -0.1) is 0 Å². The minimum absolute atomic E-state index is 0.609. The highest BCUT2D eigenvalue weighted by molar-refractivity contribution is 5.67. The van der Waals surface area contributed by atoms with Crippen molar-refractivity contribution in [2.45, 2.75) is 18.9 Å². The summed E-state index contributed by atoms with van der Waals surface area (Å²) in [5.41, 5.74) is 0. The molecule has 1 rings (SSSR count). The molecular weight excluding hydrogens is 150 g/mol. The van der Waals surface area contributed by atoms with Gasteiger partial charge in [-0.25, -0.2) is 0 Å². The van der Waals surface area contributed by atoms with Gasteiger partial charge < -0.3 is 15.6 Å². The molecule has 1 fully saturated rings. The quantitative estimate of drug-likeness (QED) is 0.611. The molecule has 0 saturated carbocycles. The second-order valence-corrected chi connectivity index (χ2v) is 3.27. The summed E-state index contributed by atoms with van der Waals surface area (Å²) in [6, 6.07) is 0.609. The highest BCUT2D eigenvalue weighted by Crippen LogP contribution is 2.07. The third-order valence-electron chi connectivity index (χ3n) is 2.24. The zero-order valence-corrected chi connectivity index (χ0v) is 7.59. The van der Waals surface area contributed by atoms with Gasteiger partial charge in [0.2, 0.25) is 0 Å². The molecule has 1 saturated heterocycles. The molecule has 0 aromatic heterocycles.